The van der Waals surface area contributed by atoms with Gasteiger partial charge in [0.2, 0.25) is 5.91 Å². The molecule has 3 aromatic rings. The third kappa shape index (κ3) is 7.14. The molecule has 0 aliphatic carbocycles. The Morgan fingerprint density at radius 3 is 2.24 bits per heavy atom. The first-order chi connectivity index (χ1) is 16.1. The van der Waals surface area contributed by atoms with Crippen LogP contribution in [0.1, 0.15) is 36.2 Å². The quantitative estimate of drug-likeness (QED) is 0.416. The molecule has 34 heavy (non-hydrogen) atoms. The van der Waals surface area contributed by atoms with E-state index in [1.807, 2.05) is 19.9 Å². The summed E-state index contributed by atoms with van der Waals surface area (Å²) < 4.78 is 40.2. The highest BCUT2D eigenvalue weighted by atomic mass is 32.2. The van der Waals surface area contributed by atoms with Crippen LogP contribution >= 0.6 is 0 Å². The normalized spacial score (nSPS) is 11.2. The lowest BCUT2D eigenvalue weighted by Gasteiger charge is -2.11. The van der Waals surface area contributed by atoms with Gasteiger partial charge >= 0.3 is 0 Å². The maximum atomic E-state index is 13.0. The van der Waals surface area contributed by atoms with Crippen molar-refractivity contribution in [2.45, 2.75) is 31.7 Å². The summed E-state index contributed by atoms with van der Waals surface area (Å²) >= 11 is 0. The zero-order valence-electron chi connectivity index (χ0n) is 18.8. The van der Waals surface area contributed by atoms with Gasteiger partial charge in [-0.1, -0.05) is 26.0 Å². The molecule has 7 nitrogen and oxygen atoms in total. The average Bonchev–Trinajstić information content (AvgIpc) is 2.77. The maximum absolute atomic E-state index is 13.0. The summed E-state index contributed by atoms with van der Waals surface area (Å²) in [7, 11) is -3.88. The lowest BCUT2D eigenvalue weighted by atomic mass is 10.1. The second-order valence-corrected chi connectivity index (χ2v) is 9.85. The molecular formula is C25H26FN3O4S. The van der Waals surface area contributed by atoms with Crippen LogP contribution in [0.3, 0.4) is 0 Å². The van der Waals surface area contributed by atoms with E-state index in [9.17, 15) is 22.4 Å². The van der Waals surface area contributed by atoms with Crippen molar-refractivity contribution in [1.29, 1.82) is 0 Å². The Balaban J connectivity index is 1.57. The number of anilines is 2. The molecule has 0 saturated heterocycles. The number of rotatable bonds is 9. The van der Waals surface area contributed by atoms with E-state index in [1.165, 1.54) is 36.4 Å². The molecule has 0 radical (unpaired) electrons. The number of nitrogens with one attached hydrogen (secondary N) is 3. The highest BCUT2D eigenvalue weighted by molar-refractivity contribution is 7.92. The standard InChI is InChI=1S/C25H26FN3O4S/c1-17(2)14-24(30)28-22-5-3-4-18(15-22)16-27-25(31)19-6-10-21(11-7-19)29-34(32,33)23-12-8-20(26)9-13-23/h3-13,15,17,29H,14,16H2,1-2H3,(H,27,31)(H,28,30). The molecule has 0 heterocycles. The second-order valence-electron chi connectivity index (χ2n) is 8.17. The molecule has 0 aromatic heterocycles. The molecule has 3 aromatic carbocycles. The Bertz CT molecular complexity index is 1260. The fraction of sp³-hybridized carbons (Fsp3) is 0.200. The topological polar surface area (TPSA) is 104 Å². The minimum Gasteiger partial charge on any atom is -0.348 e. The fourth-order valence-corrected chi connectivity index (χ4v) is 4.20. The van der Waals surface area contributed by atoms with Crippen LogP contribution in [-0.2, 0) is 21.4 Å². The predicted octanol–water partition coefficient (Wildman–Crippen LogP) is 4.54. The van der Waals surface area contributed by atoms with Gasteiger partial charge in [-0.05, 0) is 72.1 Å². The van der Waals surface area contributed by atoms with E-state index in [0.717, 1.165) is 17.7 Å². The van der Waals surface area contributed by atoms with Crippen molar-refractivity contribution >= 4 is 33.2 Å². The Labute approximate surface area is 198 Å². The van der Waals surface area contributed by atoms with Gasteiger partial charge in [-0.2, -0.15) is 0 Å². The van der Waals surface area contributed by atoms with E-state index in [0.29, 0.717) is 17.7 Å². The number of sulfonamides is 1. The van der Waals surface area contributed by atoms with Crippen LogP contribution in [0.2, 0.25) is 0 Å². The van der Waals surface area contributed by atoms with Crippen molar-refractivity contribution < 1.29 is 22.4 Å². The molecule has 0 fully saturated rings. The highest BCUT2D eigenvalue weighted by Crippen LogP contribution is 2.17. The van der Waals surface area contributed by atoms with Crippen molar-refractivity contribution in [2.24, 2.45) is 5.92 Å². The Morgan fingerprint density at radius 2 is 1.59 bits per heavy atom. The third-order valence-electron chi connectivity index (χ3n) is 4.78. The minimum atomic E-state index is -3.88. The summed E-state index contributed by atoms with van der Waals surface area (Å²) in [6.07, 6.45) is 0.428. The number of carbonyl (C=O) groups is 2. The monoisotopic (exact) mass is 483 g/mol. The maximum Gasteiger partial charge on any atom is 0.261 e. The number of benzene rings is 3. The molecule has 178 valence electrons. The second kappa shape index (κ2) is 10.9. The number of carbonyl (C=O) groups excluding carboxylic acids is 2. The van der Waals surface area contributed by atoms with Crippen LogP contribution in [0.25, 0.3) is 0 Å². The van der Waals surface area contributed by atoms with Gasteiger partial charge in [-0.3, -0.25) is 14.3 Å². The molecule has 0 saturated carbocycles. The fourth-order valence-electron chi connectivity index (χ4n) is 3.14. The Hall–Kier alpha value is -3.72. The lowest BCUT2D eigenvalue weighted by molar-refractivity contribution is -0.116. The van der Waals surface area contributed by atoms with Crippen LogP contribution in [0, 0.1) is 11.7 Å². The first kappa shape index (κ1) is 24.9. The van der Waals surface area contributed by atoms with Gasteiger partial charge in [-0.25, -0.2) is 12.8 Å². The van der Waals surface area contributed by atoms with E-state index in [1.54, 1.807) is 18.2 Å². The summed E-state index contributed by atoms with van der Waals surface area (Å²) in [5.74, 6) is -0.669. The van der Waals surface area contributed by atoms with Crippen molar-refractivity contribution in [1.82, 2.24) is 5.32 Å². The van der Waals surface area contributed by atoms with E-state index >= 15 is 0 Å². The van der Waals surface area contributed by atoms with Gasteiger partial charge in [0, 0.05) is 29.9 Å². The van der Waals surface area contributed by atoms with Crippen molar-refractivity contribution in [3.63, 3.8) is 0 Å². The van der Waals surface area contributed by atoms with E-state index in [4.69, 9.17) is 0 Å². The van der Waals surface area contributed by atoms with Crippen molar-refractivity contribution in [2.75, 3.05) is 10.0 Å². The lowest BCUT2D eigenvalue weighted by Crippen LogP contribution is -2.23. The molecule has 0 atom stereocenters. The summed E-state index contributed by atoms with van der Waals surface area (Å²) in [5, 5.41) is 5.65. The SMILES string of the molecule is CC(C)CC(=O)Nc1cccc(CNC(=O)c2ccc(NS(=O)(=O)c3ccc(F)cc3)cc2)c1. The van der Waals surface area contributed by atoms with Gasteiger partial charge in [-0.15, -0.1) is 0 Å². The van der Waals surface area contributed by atoms with E-state index in [-0.39, 0.29) is 34.9 Å². The Morgan fingerprint density at radius 1 is 0.912 bits per heavy atom. The smallest absolute Gasteiger partial charge is 0.261 e. The summed E-state index contributed by atoms with van der Waals surface area (Å²) in [6, 6.07) is 17.6. The first-order valence-corrected chi connectivity index (χ1v) is 12.2. The van der Waals surface area contributed by atoms with E-state index < -0.39 is 15.8 Å². The highest BCUT2D eigenvalue weighted by Gasteiger charge is 2.15. The molecule has 0 spiro atoms. The largest absolute Gasteiger partial charge is 0.348 e. The number of halogens is 1. The van der Waals surface area contributed by atoms with Gasteiger partial charge in [0.15, 0.2) is 0 Å². The Kier molecular flexibility index (Phi) is 8.01. The molecule has 0 bridgehead atoms. The third-order valence-corrected chi connectivity index (χ3v) is 6.18. The number of hydrogen-bond acceptors (Lipinski definition) is 4. The zero-order valence-corrected chi connectivity index (χ0v) is 19.7. The summed E-state index contributed by atoms with van der Waals surface area (Å²) in [4.78, 5) is 24.4. The van der Waals surface area contributed by atoms with Crippen LogP contribution in [0.4, 0.5) is 15.8 Å². The average molecular weight is 484 g/mol. The van der Waals surface area contributed by atoms with Gasteiger partial charge in [0.25, 0.3) is 15.9 Å². The van der Waals surface area contributed by atoms with Crippen molar-refractivity contribution in [3.8, 4) is 0 Å². The van der Waals surface area contributed by atoms with Gasteiger partial charge in [0.1, 0.15) is 5.82 Å². The molecule has 3 N–H and O–H groups in total. The van der Waals surface area contributed by atoms with Crippen LogP contribution in [0.15, 0.2) is 77.7 Å². The minimum absolute atomic E-state index is 0.0636. The van der Waals surface area contributed by atoms with E-state index in [2.05, 4.69) is 15.4 Å². The van der Waals surface area contributed by atoms with Crippen LogP contribution in [0.5, 0.6) is 0 Å². The molecule has 0 aliphatic heterocycles. The number of hydrogen-bond donors (Lipinski definition) is 3. The van der Waals surface area contributed by atoms with Crippen LogP contribution < -0.4 is 15.4 Å². The van der Waals surface area contributed by atoms with Crippen molar-refractivity contribution in [3.05, 3.63) is 89.7 Å². The molecule has 0 unspecified atom stereocenters. The molecule has 9 heteroatoms. The molecule has 0 aliphatic rings. The molecular weight excluding hydrogens is 457 g/mol. The molecule has 2 amide bonds. The van der Waals surface area contributed by atoms with Gasteiger partial charge < -0.3 is 10.6 Å². The molecule has 3 rings (SSSR count). The predicted molar refractivity (Wildman–Crippen MR) is 129 cm³/mol. The number of amides is 2. The van der Waals surface area contributed by atoms with Crippen LogP contribution in [-0.4, -0.2) is 20.2 Å². The first-order valence-electron chi connectivity index (χ1n) is 10.7. The summed E-state index contributed by atoms with van der Waals surface area (Å²) in [5.41, 5.74) is 2.10. The summed E-state index contributed by atoms with van der Waals surface area (Å²) in [6.45, 7) is 4.20. The van der Waals surface area contributed by atoms with Gasteiger partial charge in [0.05, 0.1) is 4.90 Å². The zero-order chi connectivity index (χ0) is 24.7.